The van der Waals surface area contributed by atoms with Gasteiger partial charge in [-0.05, 0) is 24.5 Å². The van der Waals surface area contributed by atoms with E-state index in [1.165, 1.54) is 0 Å². The predicted molar refractivity (Wildman–Crippen MR) is 69.3 cm³/mol. The molecule has 0 aliphatic heterocycles. The Morgan fingerprint density at radius 3 is 2.88 bits per heavy atom. The molecule has 17 heavy (non-hydrogen) atoms. The maximum absolute atomic E-state index is 5.97. The van der Waals surface area contributed by atoms with Crippen LogP contribution in [0.15, 0.2) is 30.7 Å². The maximum atomic E-state index is 5.97. The van der Waals surface area contributed by atoms with Crippen molar-refractivity contribution in [2.45, 2.75) is 26.8 Å². The van der Waals surface area contributed by atoms with Crippen molar-refractivity contribution in [2.24, 2.45) is 5.92 Å². The quantitative estimate of drug-likeness (QED) is 0.878. The van der Waals surface area contributed by atoms with Crippen LogP contribution in [0.1, 0.15) is 20.3 Å². The molecule has 0 fully saturated rings. The largest absolute Gasteiger partial charge is 0.396 e. The van der Waals surface area contributed by atoms with Crippen LogP contribution in [0.2, 0.25) is 0 Å². The summed E-state index contributed by atoms with van der Waals surface area (Å²) in [6.07, 6.45) is 6.53. The minimum Gasteiger partial charge on any atom is -0.396 e. The van der Waals surface area contributed by atoms with E-state index in [2.05, 4.69) is 23.9 Å². The topological polar surface area (TPSA) is 56.7 Å². The summed E-state index contributed by atoms with van der Waals surface area (Å²) < 4.78 is 1.91. The Hall–Kier alpha value is -1.84. The van der Waals surface area contributed by atoms with Gasteiger partial charge in [-0.1, -0.05) is 13.8 Å². The predicted octanol–water partition coefficient (Wildman–Crippen LogP) is 2.57. The Labute approximate surface area is 101 Å². The number of aryl methyl sites for hydroxylation is 1. The SMILES string of the molecule is CC(C)CCn1cc(N)c(-c2cccnc2)n1. The van der Waals surface area contributed by atoms with Crippen LogP contribution < -0.4 is 5.73 Å². The van der Waals surface area contributed by atoms with Crippen LogP contribution >= 0.6 is 0 Å². The van der Waals surface area contributed by atoms with E-state index in [1.807, 2.05) is 23.0 Å². The summed E-state index contributed by atoms with van der Waals surface area (Å²) in [7, 11) is 0. The average Bonchev–Trinajstić information content (AvgIpc) is 2.69. The normalized spacial score (nSPS) is 11.0. The molecule has 2 aromatic heterocycles. The summed E-state index contributed by atoms with van der Waals surface area (Å²) in [6, 6.07) is 3.86. The fourth-order valence-electron chi connectivity index (χ4n) is 1.67. The van der Waals surface area contributed by atoms with Crippen molar-refractivity contribution in [1.82, 2.24) is 14.8 Å². The molecule has 0 saturated heterocycles. The molecule has 0 aromatic carbocycles. The molecular weight excluding hydrogens is 212 g/mol. The number of pyridine rings is 1. The number of rotatable bonds is 4. The highest BCUT2D eigenvalue weighted by molar-refractivity contribution is 5.71. The van der Waals surface area contributed by atoms with Crippen LogP contribution in [-0.4, -0.2) is 14.8 Å². The molecular formula is C13H18N4. The van der Waals surface area contributed by atoms with E-state index < -0.39 is 0 Å². The third kappa shape index (κ3) is 2.84. The summed E-state index contributed by atoms with van der Waals surface area (Å²) in [4.78, 5) is 4.08. The van der Waals surface area contributed by atoms with Gasteiger partial charge in [0.1, 0.15) is 5.69 Å². The lowest BCUT2D eigenvalue weighted by molar-refractivity contribution is 0.488. The minimum absolute atomic E-state index is 0.669. The number of nitrogens with zero attached hydrogens (tertiary/aromatic N) is 3. The average molecular weight is 230 g/mol. The highest BCUT2D eigenvalue weighted by Crippen LogP contribution is 2.23. The molecule has 4 heteroatoms. The van der Waals surface area contributed by atoms with Gasteiger partial charge in [0.25, 0.3) is 0 Å². The number of hydrogen-bond acceptors (Lipinski definition) is 3. The van der Waals surface area contributed by atoms with Gasteiger partial charge in [-0.3, -0.25) is 9.67 Å². The number of hydrogen-bond donors (Lipinski definition) is 1. The lowest BCUT2D eigenvalue weighted by atomic mass is 10.1. The van der Waals surface area contributed by atoms with Crippen molar-refractivity contribution in [3.05, 3.63) is 30.7 Å². The van der Waals surface area contributed by atoms with Crippen LogP contribution in [-0.2, 0) is 6.54 Å². The van der Waals surface area contributed by atoms with Crippen molar-refractivity contribution in [2.75, 3.05) is 5.73 Å². The minimum atomic E-state index is 0.669. The van der Waals surface area contributed by atoms with Crippen LogP contribution in [0.3, 0.4) is 0 Å². The fraction of sp³-hybridized carbons (Fsp3) is 0.385. The number of nitrogen functional groups attached to an aromatic ring is 1. The molecule has 0 aliphatic rings. The Morgan fingerprint density at radius 1 is 1.41 bits per heavy atom. The molecule has 0 amide bonds. The zero-order valence-electron chi connectivity index (χ0n) is 10.3. The second-order valence-electron chi connectivity index (χ2n) is 4.62. The first-order valence-electron chi connectivity index (χ1n) is 5.90. The van der Waals surface area contributed by atoms with Gasteiger partial charge in [-0.15, -0.1) is 0 Å². The summed E-state index contributed by atoms with van der Waals surface area (Å²) in [6.45, 7) is 5.31. The molecule has 2 rings (SSSR count). The number of nitrogens with two attached hydrogens (primary N) is 1. The van der Waals surface area contributed by atoms with E-state index in [0.717, 1.165) is 24.2 Å². The summed E-state index contributed by atoms with van der Waals surface area (Å²) in [5, 5.41) is 4.50. The third-order valence-electron chi connectivity index (χ3n) is 2.66. The fourth-order valence-corrected chi connectivity index (χ4v) is 1.67. The van der Waals surface area contributed by atoms with Crippen molar-refractivity contribution >= 4 is 5.69 Å². The van der Waals surface area contributed by atoms with Gasteiger partial charge in [-0.25, -0.2) is 0 Å². The number of aromatic nitrogens is 3. The first kappa shape index (κ1) is 11.6. The van der Waals surface area contributed by atoms with Gasteiger partial charge < -0.3 is 5.73 Å². The molecule has 2 heterocycles. The Balaban J connectivity index is 2.20. The highest BCUT2D eigenvalue weighted by atomic mass is 15.3. The van der Waals surface area contributed by atoms with E-state index in [0.29, 0.717) is 11.6 Å². The van der Waals surface area contributed by atoms with Gasteiger partial charge in [0, 0.05) is 30.7 Å². The van der Waals surface area contributed by atoms with Crippen molar-refractivity contribution in [3.8, 4) is 11.3 Å². The molecule has 4 nitrogen and oxygen atoms in total. The summed E-state index contributed by atoms with van der Waals surface area (Å²) in [5.41, 5.74) is 8.47. The standard InChI is InChI=1S/C13H18N4/c1-10(2)5-7-17-9-12(14)13(16-17)11-4-3-6-15-8-11/h3-4,6,8-10H,5,7,14H2,1-2H3. The van der Waals surface area contributed by atoms with Gasteiger partial charge in [-0.2, -0.15) is 5.10 Å². The van der Waals surface area contributed by atoms with Crippen molar-refractivity contribution in [1.29, 1.82) is 0 Å². The van der Waals surface area contributed by atoms with E-state index >= 15 is 0 Å². The molecule has 2 N–H and O–H groups in total. The molecule has 90 valence electrons. The molecule has 0 atom stereocenters. The Kier molecular flexibility index (Phi) is 3.42. The van der Waals surface area contributed by atoms with E-state index in [-0.39, 0.29) is 0 Å². The Bertz CT molecular complexity index is 473. The first-order valence-corrected chi connectivity index (χ1v) is 5.90. The van der Waals surface area contributed by atoms with Gasteiger partial charge in [0.15, 0.2) is 0 Å². The molecule has 0 radical (unpaired) electrons. The van der Waals surface area contributed by atoms with E-state index in [9.17, 15) is 0 Å². The zero-order valence-corrected chi connectivity index (χ0v) is 10.3. The maximum Gasteiger partial charge on any atom is 0.117 e. The molecule has 0 aliphatic carbocycles. The van der Waals surface area contributed by atoms with Gasteiger partial charge >= 0.3 is 0 Å². The summed E-state index contributed by atoms with van der Waals surface area (Å²) in [5.74, 6) is 0.669. The molecule has 0 unspecified atom stereocenters. The van der Waals surface area contributed by atoms with Crippen LogP contribution in [0.25, 0.3) is 11.3 Å². The third-order valence-corrected chi connectivity index (χ3v) is 2.66. The summed E-state index contributed by atoms with van der Waals surface area (Å²) >= 11 is 0. The molecule has 0 bridgehead atoms. The molecule has 0 spiro atoms. The first-order chi connectivity index (χ1) is 8.16. The molecule has 0 saturated carbocycles. The lowest BCUT2D eigenvalue weighted by Gasteiger charge is -2.03. The van der Waals surface area contributed by atoms with Crippen molar-refractivity contribution < 1.29 is 0 Å². The monoisotopic (exact) mass is 230 g/mol. The van der Waals surface area contributed by atoms with Crippen molar-refractivity contribution in [3.63, 3.8) is 0 Å². The zero-order chi connectivity index (χ0) is 12.3. The van der Waals surface area contributed by atoms with Crippen LogP contribution in [0.4, 0.5) is 5.69 Å². The molecule has 2 aromatic rings. The van der Waals surface area contributed by atoms with Crippen LogP contribution in [0, 0.1) is 5.92 Å². The van der Waals surface area contributed by atoms with E-state index in [4.69, 9.17) is 5.73 Å². The lowest BCUT2D eigenvalue weighted by Crippen LogP contribution is -2.02. The number of anilines is 1. The van der Waals surface area contributed by atoms with Gasteiger partial charge in [0.05, 0.1) is 5.69 Å². The second kappa shape index (κ2) is 4.99. The van der Waals surface area contributed by atoms with Gasteiger partial charge in [0.2, 0.25) is 0 Å². The smallest absolute Gasteiger partial charge is 0.117 e. The van der Waals surface area contributed by atoms with E-state index in [1.54, 1.807) is 12.4 Å². The van der Waals surface area contributed by atoms with Crippen LogP contribution in [0.5, 0.6) is 0 Å². The highest BCUT2D eigenvalue weighted by Gasteiger charge is 2.08. The second-order valence-corrected chi connectivity index (χ2v) is 4.62. The Morgan fingerprint density at radius 2 is 2.24 bits per heavy atom.